The van der Waals surface area contributed by atoms with Crippen molar-refractivity contribution in [2.45, 2.75) is 0 Å². The summed E-state index contributed by atoms with van der Waals surface area (Å²) < 4.78 is 21.0. The molecule has 0 saturated carbocycles. The standard InChI is InChI=1S/C16H10FI2NO/c1-21-16-14(18)7-10(8-15(16)19)6-11(9-20)12-4-2-3-5-13(12)17/h2-8H,1H3/b11-6-. The largest absolute Gasteiger partial charge is 0.495 e. The van der Waals surface area contributed by atoms with Crippen LogP contribution in [0.2, 0.25) is 0 Å². The first-order valence-corrected chi connectivity index (χ1v) is 8.12. The first kappa shape index (κ1) is 16.2. The summed E-state index contributed by atoms with van der Waals surface area (Å²) in [6.45, 7) is 0. The number of hydrogen-bond acceptors (Lipinski definition) is 2. The van der Waals surface area contributed by atoms with Crippen molar-refractivity contribution in [3.8, 4) is 11.8 Å². The number of hydrogen-bond donors (Lipinski definition) is 0. The molecule has 0 heterocycles. The molecule has 2 rings (SSSR count). The molecule has 106 valence electrons. The number of rotatable bonds is 3. The fourth-order valence-corrected chi connectivity index (χ4v) is 4.13. The van der Waals surface area contributed by atoms with Gasteiger partial charge in [0, 0.05) is 5.56 Å². The molecule has 21 heavy (non-hydrogen) atoms. The van der Waals surface area contributed by atoms with Crippen molar-refractivity contribution >= 4 is 56.8 Å². The van der Waals surface area contributed by atoms with Crippen molar-refractivity contribution < 1.29 is 9.13 Å². The van der Waals surface area contributed by atoms with Gasteiger partial charge in [0.1, 0.15) is 11.6 Å². The lowest BCUT2D eigenvalue weighted by molar-refractivity contribution is 0.409. The van der Waals surface area contributed by atoms with E-state index in [1.165, 1.54) is 6.07 Å². The molecule has 0 spiro atoms. The van der Waals surface area contributed by atoms with E-state index in [9.17, 15) is 9.65 Å². The highest BCUT2D eigenvalue weighted by atomic mass is 127. The minimum atomic E-state index is -0.400. The maximum absolute atomic E-state index is 13.8. The van der Waals surface area contributed by atoms with Gasteiger partial charge >= 0.3 is 0 Å². The van der Waals surface area contributed by atoms with E-state index in [2.05, 4.69) is 51.3 Å². The summed E-state index contributed by atoms with van der Waals surface area (Å²) in [5.41, 5.74) is 1.44. The van der Waals surface area contributed by atoms with Gasteiger partial charge in [0.2, 0.25) is 0 Å². The normalized spacial score (nSPS) is 11.1. The van der Waals surface area contributed by atoms with Crippen LogP contribution in [0.25, 0.3) is 11.6 Å². The Kier molecular flexibility index (Phi) is 5.58. The molecule has 0 aliphatic heterocycles. The van der Waals surface area contributed by atoms with Gasteiger partial charge < -0.3 is 4.74 Å². The van der Waals surface area contributed by atoms with E-state index in [1.54, 1.807) is 31.4 Å². The highest BCUT2D eigenvalue weighted by Crippen LogP contribution is 2.30. The fraction of sp³-hybridized carbons (Fsp3) is 0.0625. The Hall–Kier alpha value is -1.14. The van der Waals surface area contributed by atoms with E-state index in [-0.39, 0.29) is 0 Å². The van der Waals surface area contributed by atoms with E-state index >= 15 is 0 Å². The molecular formula is C16H10FI2NO. The maximum atomic E-state index is 13.8. The highest BCUT2D eigenvalue weighted by Gasteiger charge is 2.10. The second-order valence-corrected chi connectivity index (χ2v) is 6.49. The topological polar surface area (TPSA) is 33.0 Å². The zero-order valence-corrected chi connectivity index (χ0v) is 15.3. The first-order chi connectivity index (χ1) is 10.1. The van der Waals surface area contributed by atoms with Crippen LogP contribution in [0, 0.1) is 24.3 Å². The quantitative estimate of drug-likeness (QED) is 0.331. The minimum Gasteiger partial charge on any atom is -0.495 e. The molecular weight excluding hydrogens is 495 g/mol. The number of halogens is 3. The second kappa shape index (κ2) is 7.22. The zero-order valence-electron chi connectivity index (χ0n) is 11.0. The van der Waals surface area contributed by atoms with Crippen LogP contribution in [-0.2, 0) is 0 Å². The van der Waals surface area contributed by atoms with Crippen LogP contribution in [0.5, 0.6) is 5.75 Å². The van der Waals surface area contributed by atoms with Gasteiger partial charge in [-0.25, -0.2) is 4.39 Å². The van der Waals surface area contributed by atoms with Crippen LogP contribution in [-0.4, -0.2) is 7.11 Å². The number of allylic oxidation sites excluding steroid dienone is 1. The molecule has 0 radical (unpaired) electrons. The van der Waals surface area contributed by atoms with Crippen LogP contribution in [0.1, 0.15) is 11.1 Å². The Morgan fingerprint density at radius 3 is 2.38 bits per heavy atom. The average molecular weight is 505 g/mol. The summed E-state index contributed by atoms with van der Waals surface area (Å²) in [7, 11) is 1.62. The summed E-state index contributed by atoms with van der Waals surface area (Å²) in [5.74, 6) is 0.404. The third kappa shape index (κ3) is 3.74. The van der Waals surface area contributed by atoms with Crippen LogP contribution < -0.4 is 4.74 Å². The van der Waals surface area contributed by atoms with Crippen molar-refractivity contribution in [2.75, 3.05) is 7.11 Å². The second-order valence-electron chi connectivity index (χ2n) is 4.17. The number of benzene rings is 2. The molecule has 0 atom stereocenters. The Bertz CT molecular complexity index is 727. The summed E-state index contributed by atoms with van der Waals surface area (Å²) >= 11 is 4.35. The van der Waals surface area contributed by atoms with Gasteiger partial charge in [-0.05, 0) is 75.0 Å². The van der Waals surface area contributed by atoms with Crippen LogP contribution >= 0.6 is 45.2 Å². The van der Waals surface area contributed by atoms with Crippen molar-refractivity contribution in [3.63, 3.8) is 0 Å². The van der Waals surface area contributed by atoms with Crippen LogP contribution in [0.4, 0.5) is 4.39 Å². The lowest BCUT2D eigenvalue weighted by Crippen LogP contribution is -1.92. The third-order valence-electron chi connectivity index (χ3n) is 2.82. The molecule has 2 aromatic carbocycles. The number of ether oxygens (including phenoxy) is 1. The Balaban J connectivity index is 2.52. The molecule has 2 aromatic rings. The van der Waals surface area contributed by atoms with Gasteiger partial charge in [-0.1, -0.05) is 18.2 Å². The SMILES string of the molecule is COc1c(I)cc(/C=C(/C#N)c2ccccc2F)cc1I. The number of methoxy groups -OCH3 is 1. The van der Waals surface area contributed by atoms with Crippen LogP contribution in [0.15, 0.2) is 36.4 Å². The van der Waals surface area contributed by atoms with Crippen molar-refractivity contribution in [2.24, 2.45) is 0 Å². The average Bonchev–Trinajstić information content (AvgIpc) is 2.45. The van der Waals surface area contributed by atoms with Gasteiger partial charge in [0.05, 0.1) is 25.9 Å². The summed E-state index contributed by atoms with van der Waals surface area (Å²) in [6, 6.07) is 12.1. The lowest BCUT2D eigenvalue weighted by atomic mass is 10.0. The van der Waals surface area contributed by atoms with Crippen molar-refractivity contribution in [3.05, 3.63) is 60.5 Å². The van der Waals surface area contributed by atoms with Gasteiger partial charge in [-0.2, -0.15) is 5.26 Å². The summed E-state index contributed by atoms with van der Waals surface area (Å²) in [5, 5.41) is 9.29. The Morgan fingerprint density at radius 2 is 1.86 bits per heavy atom. The molecule has 5 heteroatoms. The molecule has 0 bridgehead atoms. The van der Waals surface area contributed by atoms with Crippen LogP contribution in [0.3, 0.4) is 0 Å². The minimum absolute atomic E-state index is 0.296. The summed E-state index contributed by atoms with van der Waals surface area (Å²) in [6.07, 6.45) is 1.68. The Morgan fingerprint density at radius 1 is 1.24 bits per heavy atom. The molecule has 0 aliphatic carbocycles. The van der Waals surface area contributed by atoms with Gasteiger partial charge in [0.15, 0.2) is 0 Å². The van der Waals surface area contributed by atoms with E-state index in [0.29, 0.717) is 11.1 Å². The van der Waals surface area contributed by atoms with Gasteiger partial charge in [-0.3, -0.25) is 0 Å². The maximum Gasteiger partial charge on any atom is 0.145 e. The first-order valence-electron chi connectivity index (χ1n) is 5.96. The van der Waals surface area contributed by atoms with Gasteiger partial charge in [0.25, 0.3) is 0 Å². The molecule has 0 unspecified atom stereocenters. The molecule has 0 saturated heterocycles. The number of nitriles is 1. The zero-order chi connectivity index (χ0) is 15.4. The highest BCUT2D eigenvalue weighted by molar-refractivity contribution is 14.1. The van der Waals surface area contributed by atoms with Gasteiger partial charge in [-0.15, -0.1) is 0 Å². The number of nitrogens with zero attached hydrogens (tertiary/aromatic N) is 1. The molecule has 0 aliphatic rings. The smallest absolute Gasteiger partial charge is 0.145 e. The summed E-state index contributed by atoms with van der Waals surface area (Å²) in [4.78, 5) is 0. The van der Waals surface area contributed by atoms with E-state index in [0.717, 1.165) is 18.5 Å². The molecule has 0 N–H and O–H groups in total. The third-order valence-corrected chi connectivity index (χ3v) is 4.42. The monoisotopic (exact) mass is 505 g/mol. The Labute approximate surface area is 149 Å². The van der Waals surface area contributed by atoms with E-state index in [4.69, 9.17) is 4.74 Å². The molecule has 2 nitrogen and oxygen atoms in total. The van der Waals surface area contributed by atoms with E-state index in [1.807, 2.05) is 12.1 Å². The predicted octanol–water partition coefficient (Wildman–Crippen LogP) is 5.11. The molecule has 0 fully saturated rings. The van der Waals surface area contributed by atoms with E-state index < -0.39 is 5.82 Å². The molecule has 0 amide bonds. The predicted molar refractivity (Wildman–Crippen MR) is 98.3 cm³/mol. The fourth-order valence-electron chi connectivity index (χ4n) is 1.87. The molecule has 0 aromatic heterocycles. The van der Waals surface area contributed by atoms with Crippen molar-refractivity contribution in [1.82, 2.24) is 0 Å². The van der Waals surface area contributed by atoms with Crippen molar-refractivity contribution in [1.29, 1.82) is 5.26 Å². The lowest BCUT2D eigenvalue weighted by Gasteiger charge is -2.08.